The number of rotatable bonds is 10. The molecule has 0 aromatic heterocycles. The highest BCUT2D eigenvalue weighted by Gasteiger charge is 2.21. The van der Waals surface area contributed by atoms with Crippen LogP contribution in [0.2, 0.25) is 0 Å². The Morgan fingerprint density at radius 2 is 1.66 bits per heavy atom. The number of quaternary nitrogens is 1. The van der Waals surface area contributed by atoms with Crippen LogP contribution in [-0.4, -0.2) is 47.4 Å². The zero-order valence-electron chi connectivity index (χ0n) is 18.2. The Kier molecular flexibility index (Phi) is 8.34. The normalized spacial score (nSPS) is 12.0. The first-order chi connectivity index (χ1) is 13.8. The molecule has 0 aliphatic heterocycles. The molecule has 2 N–H and O–H groups in total. The van der Waals surface area contributed by atoms with Crippen LogP contribution in [0.15, 0.2) is 42.5 Å². The minimum atomic E-state index is -0.105. The van der Waals surface area contributed by atoms with Crippen LogP contribution in [0.4, 0.5) is 0 Å². The van der Waals surface area contributed by atoms with Crippen molar-refractivity contribution in [2.24, 2.45) is 5.92 Å². The number of hydrogen-bond donors (Lipinski definition) is 2. The van der Waals surface area contributed by atoms with Crippen LogP contribution in [0.3, 0.4) is 0 Å². The van der Waals surface area contributed by atoms with E-state index in [2.05, 4.69) is 33.3 Å². The summed E-state index contributed by atoms with van der Waals surface area (Å²) in [7, 11) is 7.36. The van der Waals surface area contributed by atoms with E-state index in [1.54, 1.807) is 26.4 Å². The Hall–Kier alpha value is -2.73. The predicted octanol–water partition coefficient (Wildman–Crippen LogP) is 2.35. The molecular weight excluding hydrogens is 368 g/mol. The van der Waals surface area contributed by atoms with E-state index in [4.69, 9.17) is 14.2 Å². The molecule has 29 heavy (non-hydrogen) atoms. The summed E-state index contributed by atoms with van der Waals surface area (Å²) in [5.41, 5.74) is 1.68. The van der Waals surface area contributed by atoms with Crippen LogP contribution in [0.1, 0.15) is 35.8 Å². The predicted molar refractivity (Wildman–Crippen MR) is 114 cm³/mol. The fourth-order valence-electron chi connectivity index (χ4n) is 2.99. The van der Waals surface area contributed by atoms with Crippen molar-refractivity contribution >= 4 is 5.91 Å². The van der Waals surface area contributed by atoms with Crippen LogP contribution in [0.25, 0.3) is 0 Å². The van der Waals surface area contributed by atoms with Crippen LogP contribution in [0, 0.1) is 5.92 Å². The van der Waals surface area contributed by atoms with Crippen LogP contribution >= 0.6 is 0 Å². The quantitative estimate of drug-likeness (QED) is 0.642. The highest BCUT2D eigenvalue weighted by Crippen LogP contribution is 2.29. The summed E-state index contributed by atoms with van der Waals surface area (Å²) in [4.78, 5) is 13.8. The summed E-state index contributed by atoms with van der Waals surface area (Å²) in [6.45, 7) is 5.36. The van der Waals surface area contributed by atoms with Crippen LogP contribution in [0.5, 0.6) is 17.2 Å². The van der Waals surface area contributed by atoms with Gasteiger partial charge in [-0.1, -0.05) is 13.8 Å². The molecular formula is C23H33N2O4+. The lowest BCUT2D eigenvalue weighted by Crippen LogP contribution is -3.07. The average molecular weight is 402 g/mol. The maximum Gasteiger partial charge on any atom is 0.251 e. The summed E-state index contributed by atoms with van der Waals surface area (Å²) < 4.78 is 16.4. The van der Waals surface area contributed by atoms with Gasteiger partial charge < -0.3 is 24.4 Å². The lowest BCUT2D eigenvalue weighted by molar-refractivity contribution is -0.890. The highest BCUT2D eigenvalue weighted by molar-refractivity contribution is 5.94. The molecule has 0 unspecified atom stereocenters. The van der Waals surface area contributed by atoms with E-state index in [0.717, 1.165) is 11.3 Å². The first kappa shape index (κ1) is 22.6. The minimum absolute atomic E-state index is 0.0763. The summed E-state index contributed by atoms with van der Waals surface area (Å²) in [6.07, 6.45) is 0. The topological polar surface area (TPSA) is 61.2 Å². The fraction of sp³-hybridized carbons (Fsp3) is 0.435. The second kappa shape index (κ2) is 10.7. The molecule has 0 fully saturated rings. The van der Waals surface area contributed by atoms with E-state index in [1.165, 1.54) is 4.90 Å². The molecule has 0 spiro atoms. The molecule has 2 aromatic carbocycles. The van der Waals surface area contributed by atoms with Gasteiger partial charge in [0.05, 0.1) is 41.5 Å². The Balaban J connectivity index is 2.04. The van der Waals surface area contributed by atoms with Gasteiger partial charge in [-0.15, -0.1) is 0 Å². The maximum atomic E-state index is 12.6. The molecule has 6 heteroatoms. The van der Waals surface area contributed by atoms with Gasteiger partial charge in [0.2, 0.25) is 0 Å². The van der Waals surface area contributed by atoms with Crippen molar-refractivity contribution in [3.8, 4) is 17.2 Å². The molecule has 1 amide bonds. The first-order valence-electron chi connectivity index (χ1n) is 9.88. The zero-order chi connectivity index (χ0) is 21.4. The van der Waals surface area contributed by atoms with Gasteiger partial charge in [0.25, 0.3) is 5.91 Å². The number of methoxy groups -OCH3 is 2. The Labute approximate surface area is 173 Å². The van der Waals surface area contributed by atoms with Gasteiger partial charge in [0.1, 0.15) is 11.8 Å². The molecule has 0 aliphatic rings. The molecule has 1 atom stereocenters. The zero-order valence-corrected chi connectivity index (χ0v) is 18.2. The maximum absolute atomic E-state index is 12.6. The number of carbonyl (C=O) groups is 1. The van der Waals surface area contributed by atoms with Crippen LogP contribution < -0.4 is 24.4 Å². The molecule has 2 rings (SSSR count). The van der Waals surface area contributed by atoms with E-state index < -0.39 is 0 Å². The van der Waals surface area contributed by atoms with Gasteiger partial charge in [0.15, 0.2) is 11.5 Å². The van der Waals surface area contributed by atoms with Gasteiger partial charge in [-0.25, -0.2) is 0 Å². The van der Waals surface area contributed by atoms with E-state index in [-0.39, 0.29) is 11.9 Å². The lowest BCUT2D eigenvalue weighted by atomic mass is 10.0. The van der Waals surface area contributed by atoms with Crippen molar-refractivity contribution in [1.29, 1.82) is 0 Å². The number of nitrogens with one attached hydrogen (secondary N) is 2. The SMILES string of the molecule is COc1ccc([C@@H](CNC(=O)c2ccc(OCC(C)C)cc2)[NH+](C)C)cc1OC. The third-order valence-corrected chi connectivity index (χ3v) is 4.67. The van der Waals surface area contributed by atoms with Crippen molar-refractivity contribution < 1.29 is 23.9 Å². The van der Waals surface area contributed by atoms with Crippen molar-refractivity contribution in [1.82, 2.24) is 5.32 Å². The second-order valence-corrected chi connectivity index (χ2v) is 7.68. The number of benzene rings is 2. The van der Waals surface area contributed by atoms with Gasteiger partial charge in [0, 0.05) is 11.1 Å². The molecule has 0 saturated carbocycles. The molecule has 0 saturated heterocycles. The van der Waals surface area contributed by atoms with Gasteiger partial charge in [-0.05, 0) is 48.4 Å². The molecule has 2 aromatic rings. The van der Waals surface area contributed by atoms with E-state index in [0.29, 0.717) is 36.1 Å². The number of carbonyl (C=O) groups excluding carboxylic acids is 1. The summed E-state index contributed by atoms with van der Waals surface area (Å²) in [6, 6.07) is 13.2. The largest absolute Gasteiger partial charge is 0.493 e. The Morgan fingerprint density at radius 1 is 1.00 bits per heavy atom. The smallest absolute Gasteiger partial charge is 0.251 e. The Bertz CT molecular complexity index is 788. The number of hydrogen-bond acceptors (Lipinski definition) is 4. The third kappa shape index (κ3) is 6.39. The Morgan fingerprint density at radius 3 is 2.21 bits per heavy atom. The standard InChI is InChI=1S/C23H32N2O4/c1-16(2)15-29-19-10-7-17(8-11-19)23(26)24-14-20(25(3)4)18-9-12-21(27-5)22(13-18)28-6/h7-13,16,20H,14-15H2,1-6H3,(H,24,26)/p+1/t20-/m1/s1. The van der Waals surface area contributed by atoms with E-state index >= 15 is 0 Å². The molecule has 0 heterocycles. The summed E-state index contributed by atoms with van der Waals surface area (Å²) in [5, 5.41) is 3.04. The summed E-state index contributed by atoms with van der Waals surface area (Å²) >= 11 is 0. The van der Waals surface area contributed by atoms with Gasteiger partial charge in [-0.2, -0.15) is 0 Å². The van der Waals surface area contributed by atoms with E-state index in [9.17, 15) is 4.79 Å². The molecule has 0 radical (unpaired) electrons. The summed E-state index contributed by atoms with van der Waals surface area (Å²) in [5.74, 6) is 2.50. The van der Waals surface area contributed by atoms with Gasteiger partial charge in [-0.3, -0.25) is 4.79 Å². The first-order valence-corrected chi connectivity index (χ1v) is 9.88. The number of ether oxygens (including phenoxy) is 3. The lowest BCUT2D eigenvalue weighted by Gasteiger charge is -2.23. The number of amides is 1. The van der Waals surface area contributed by atoms with Crippen LogP contribution in [-0.2, 0) is 0 Å². The van der Waals surface area contributed by atoms with Gasteiger partial charge >= 0.3 is 0 Å². The molecule has 0 bridgehead atoms. The molecule has 0 aliphatic carbocycles. The van der Waals surface area contributed by atoms with Crippen molar-refractivity contribution in [2.45, 2.75) is 19.9 Å². The number of likely N-dealkylation sites (N-methyl/N-ethyl adjacent to an activating group) is 1. The molecule has 6 nitrogen and oxygen atoms in total. The monoisotopic (exact) mass is 401 g/mol. The van der Waals surface area contributed by atoms with Crippen molar-refractivity contribution in [3.05, 3.63) is 53.6 Å². The van der Waals surface area contributed by atoms with Crippen molar-refractivity contribution in [3.63, 3.8) is 0 Å². The third-order valence-electron chi connectivity index (χ3n) is 4.67. The molecule has 158 valence electrons. The van der Waals surface area contributed by atoms with Crippen molar-refractivity contribution in [2.75, 3.05) is 41.5 Å². The average Bonchev–Trinajstić information content (AvgIpc) is 2.72. The highest BCUT2D eigenvalue weighted by atomic mass is 16.5. The fourth-order valence-corrected chi connectivity index (χ4v) is 2.99. The second-order valence-electron chi connectivity index (χ2n) is 7.68. The minimum Gasteiger partial charge on any atom is -0.493 e. The van der Waals surface area contributed by atoms with E-state index in [1.807, 2.05) is 30.3 Å².